The number of rotatable bonds is 4. The summed E-state index contributed by atoms with van der Waals surface area (Å²) in [5.41, 5.74) is 2.73. The molecule has 0 N–H and O–H groups in total. The van der Waals surface area contributed by atoms with Gasteiger partial charge in [0.25, 0.3) is 0 Å². The van der Waals surface area contributed by atoms with Crippen molar-refractivity contribution < 1.29 is 9.53 Å². The molecule has 3 nitrogen and oxygen atoms in total. The molecule has 22 heavy (non-hydrogen) atoms. The topological polar surface area (TPSA) is 29.5 Å². The van der Waals surface area contributed by atoms with E-state index in [0.29, 0.717) is 5.75 Å². The van der Waals surface area contributed by atoms with E-state index in [4.69, 9.17) is 4.74 Å². The third kappa shape index (κ3) is 2.42. The van der Waals surface area contributed by atoms with Crippen LogP contribution in [0.2, 0.25) is 0 Å². The molecule has 0 fully saturated rings. The van der Waals surface area contributed by atoms with Crippen molar-refractivity contribution in [3.8, 4) is 5.75 Å². The minimum absolute atomic E-state index is 0.673. The zero-order valence-electron chi connectivity index (χ0n) is 12.6. The fourth-order valence-electron chi connectivity index (χ4n) is 2.60. The van der Waals surface area contributed by atoms with Crippen LogP contribution in [0.4, 0.5) is 11.4 Å². The Balaban J connectivity index is 2.25. The van der Waals surface area contributed by atoms with Crippen molar-refractivity contribution in [3.63, 3.8) is 0 Å². The van der Waals surface area contributed by atoms with E-state index in [1.807, 2.05) is 67.6 Å². The number of methoxy groups -OCH3 is 1. The van der Waals surface area contributed by atoms with E-state index in [-0.39, 0.29) is 0 Å². The average Bonchev–Trinajstić information content (AvgIpc) is 2.57. The minimum Gasteiger partial charge on any atom is -0.495 e. The molecule has 0 atom stereocenters. The zero-order chi connectivity index (χ0) is 15.5. The van der Waals surface area contributed by atoms with Gasteiger partial charge in [-0.15, -0.1) is 0 Å². The first kappa shape index (κ1) is 14.1. The number of carbonyl (C=O) groups excluding carboxylic acids is 1. The Labute approximate surface area is 129 Å². The van der Waals surface area contributed by atoms with E-state index >= 15 is 0 Å². The van der Waals surface area contributed by atoms with E-state index in [1.54, 1.807) is 12.0 Å². The van der Waals surface area contributed by atoms with Crippen LogP contribution < -0.4 is 9.64 Å². The molecule has 0 spiro atoms. The molecule has 0 bridgehead atoms. The standard InChI is InChI=1S/C19H17NO2/c1-14-7-10-16(11-8-14)20(13-21)19-17-6-4-3-5-15(17)9-12-18(19)22-2/h3-13H,1-2H3. The lowest BCUT2D eigenvalue weighted by atomic mass is 10.1. The van der Waals surface area contributed by atoms with Gasteiger partial charge < -0.3 is 4.74 Å². The molecule has 0 aliphatic heterocycles. The van der Waals surface area contributed by atoms with Gasteiger partial charge in [0.1, 0.15) is 5.75 Å². The monoisotopic (exact) mass is 291 g/mol. The fourth-order valence-corrected chi connectivity index (χ4v) is 2.60. The fraction of sp³-hybridized carbons (Fsp3) is 0.105. The van der Waals surface area contributed by atoms with Gasteiger partial charge in [-0.25, -0.2) is 0 Å². The van der Waals surface area contributed by atoms with Gasteiger partial charge in [-0.3, -0.25) is 9.69 Å². The van der Waals surface area contributed by atoms with Crippen LogP contribution in [0.5, 0.6) is 5.75 Å². The summed E-state index contributed by atoms with van der Waals surface area (Å²) >= 11 is 0. The molecule has 0 aliphatic rings. The summed E-state index contributed by atoms with van der Waals surface area (Å²) in [4.78, 5) is 13.4. The first-order valence-corrected chi connectivity index (χ1v) is 7.11. The lowest BCUT2D eigenvalue weighted by Gasteiger charge is -2.22. The molecule has 3 heteroatoms. The quantitative estimate of drug-likeness (QED) is 0.665. The van der Waals surface area contributed by atoms with Crippen LogP contribution in [-0.2, 0) is 4.79 Å². The highest BCUT2D eigenvalue weighted by Gasteiger charge is 2.17. The van der Waals surface area contributed by atoms with E-state index in [9.17, 15) is 4.79 Å². The molecule has 3 aromatic rings. The summed E-state index contributed by atoms with van der Waals surface area (Å²) in [6.45, 7) is 2.02. The summed E-state index contributed by atoms with van der Waals surface area (Å²) in [5.74, 6) is 0.673. The number of benzene rings is 3. The number of hydrogen-bond donors (Lipinski definition) is 0. The molecule has 3 rings (SSSR count). The first-order valence-electron chi connectivity index (χ1n) is 7.11. The third-order valence-electron chi connectivity index (χ3n) is 3.74. The summed E-state index contributed by atoms with van der Waals surface area (Å²) in [6.07, 6.45) is 0.828. The highest BCUT2D eigenvalue weighted by molar-refractivity contribution is 6.04. The molecule has 1 amide bonds. The van der Waals surface area contributed by atoms with Crippen molar-refractivity contribution in [2.75, 3.05) is 12.0 Å². The van der Waals surface area contributed by atoms with E-state index in [2.05, 4.69) is 0 Å². The van der Waals surface area contributed by atoms with Gasteiger partial charge in [0.05, 0.1) is 12.8 Å². The molecular formula is C19H17NO2. The smallest absolute Gasteiger partial charge is 0.218 e. The Hall–Kier alpha value is -2.81. The van der Waals surface area contributed by atoms with Gasteiger partial charge >= 0.3 is 0 Å². The third-order valence-corrected chi connectivity index (χ3v) is 3.74. The molecule has 0 radical (unpaired) electrons. The molecule has 0 unspecified atom stereocenters. The van der Waals surface area contributed by atoms with Crippen LogP contribution in [0.1, 0.15) is 5.56 Å². The molecule has 0 aliphatic carbocycles. The van der Waals surface area contributed by atoms with Crippen LogP contribution in [0.25, 0.3) is 10.8 Å². The molecule has 0 aromatic heterocycles. The first-order chi connectivity index (χ1) is 10.7. The highest BCUT2D eigenvalue weighted by Crippen LogP contribution is 2.39. The average molecular weight is 291 g/mol. The Kier molecular flexibility index (Phi) is 3.79. The van der Waals surface area contributed by atoms with Gasteiger partial charge in [-0.2, -0.15) is 0 Å². The second-order valence-corrected chi connectivity index (χ2v) is 5.15. The predicted molar refractivity (Wildman–Crippen MR) is 89.9 cm³/mol. The van der Waals surface area contributed by atoms with Crippen LogP contribution >= 0.6 is 0 Å². The van der Waals surface area contributed by atoms with Gasteiger partial charge in [0.2, 0.25) is 6.41 Å². The molecule has 0 saturated heterocycles. The van der Waals surface area contributed by atoms with Crippen LogP contribution in [-0.4, -0.2) is 13.5 Å². The Morgan fingerprint density at radius 2 is 1.68 bits per heavy atom. The minimum atomic E-state index is 0.673. The van der Waals surface area contributed by atoms with E-state index < -0.39 is 0 Å². The van der Waals surface area contributed by atoms with Gasteiger partial charge in [-0.05, 0) is 30.5 Å². The Bertz CT molecular complexity index is 809. The maximum atomic E-state index is 11.8. The zero-order valence-corrected chi connectivity index (χ0v) is 12.6. The van der Waals surface area contributed by atoms with Crippen LogP contribution in [0.15, 0.2) is 60.7 Å². The Morgan fingerprint density at radius 3 is 2.36 bits per heavy atom. The number of fused-ring (bicyclic) bond motifs is 1. The lowest BCUT2D eigenvalue weighted by molar-refractivity contribution is -0.106. The van der Waals surface area contributed by atoms with Crippen molar-refractivity contribution >= 4 is 28.6 Å². The summed E-state index contributed by atoms with van der Waals surface area (Å²) in [6, 6.07) is 19.7. The van der Waals surface area contributed by atoms with Crippen molar-refractivity contribution in [2.24, 2.45) is 0 Å². The lowest BCUT2D eigenvalue weighted by Crippen LogP contribution is -2.15. The SMILES string of the molecule is COc1ccc2ccccc2c1N(C=O)c1ccc(C)cc1. The van der Waals surface area contributed by atoms with Gasteiger partial charge in [0, 0.05) is 11.1 Å². The number of nitrogens with zero attached hydrogens (tertiary/aromatic N) is 1. The number of amides is 1. The molecule has 3 aromatic carbocycles. The summed E-state index contributed by atoms with van der Waals surface area (Å²) < 4.78 is 5.48. The predicted octanol–water partition coefficient (Wildman–Crippen LogP) is 4.45. The number of hydrogen-bond acceptors (Lipinski definition) is 2. The van der Waals surface area contributed by atoms with Gasteiger partial charge in [-0.1, -0.05) is 48.0 Å². The summed E-state index contributed by atoms with van der Waals surface area (Å²) in [7, 11) is 1.62. The maximum Gasteiger partial charge on any atom is 0.218 e. The van der Waals surface area contributed by atoms with Crippen molar-refractivity contribution in [1.82, 2.24) is 0 Å². The second kappa shape index (κ2) is 5.90. The van der Waals surface area contributed by atoms with Crippen molar-refractivity contribution in [1.29, 1.82) is 0 Å². The van der Waals surface area contributed by atoms with Crippen LogP contribution in [0, 0.1) is 6.92 Å². The van der Waals surface area contributed by atoms with Gasteiger partial charge in [0.15, 0.2) is 0 Å². The summed E-state index contributed by atoms with van der Waals surface area (Å²) in [5, 5.41) is 2.05. The number of carbonyl (C=O) groups is 1. The van der Waals surface area contributed by atoms with Crippen molar-refractivity contribution in [3.05, 3.63) is 66.2 Å². The number of anilines is 2. The second-order valence-electron chi connectivity index (χ2n) is 5.15. The molecule has 110 valence electrons. The van der Waals surface area contributed by atoms with Crippen LogP contribution in [0.3, 0.4) is 0 Å². The van der Waals surface area contributed by atoms with E-state index in [1.165, 1.54) is 0 Å². The molecule has 0 heterocycles. The highest BCUT2D eigenvalue weighted by atomic mass is 16.5. The number of ether oxygens (including phenoxy) is 1. The number of aryl methyl sites for hydroxylation is 1. The largest absolute Gasteiger partial charge is 0.495 e. The van der Waals surface area contributed by atoms with E-state index in [0.717, 1.165) is 34.1 Å². The molecular weight excluding hydrogens is 274 g/mol. The normalized spacial score (nSPS) is 10.5. The maximum absolute atomic E-state index is 11.8. The Morgan fingerprint density at radius 1 is 0.955 bits per heavy atom. The van der Waals surface area contributed by atoms with Crippen molar-refractivity contribution in [2.45, 2.75) is 6.92 Å². The molecule has 0 saturated carbocycles.